The molecule has 14 heavy (non-hydrogen) atoms. The highest BCUT2D eigenvalue weighted by Gasteiger charge is 2.40. The Balaban J connectivity index is 2.64. The maximum absolute atomic E-state index is 6.45. The summed E-state index contributed by atoms with van der Waals surface area (Å²) in [5, 5.41) is 3.23. The van der Waals surface area contributed by atoms with Crippen molar-refractivity contribution < 1.29 is 4.43 Å². The topological polar surface area (TPSA) is 47.3 Å². The van der Waals surface area contributed by atoms with Crippen molar-refractivity contribution in [1.29, 1.82) is 0 Å². The summed E-state index contributed by atoms with van der Waals surface area (Å²) in [6.45, 7) is 8.35. The zero-order valence-corrected chi connectivity index (χ0v) is 10.8. The van der Waals surface area contributed by atoms with Crippen LogP contribution in [0.5, 0.6) is 0 Å². The molecule has 2 unspecified atom stereocenters. The quantitative estimate of drug-likeness (QED) is 0.544. The van der Waals surface area contributed by atoms with Gasteiger partial charge in [0.15, 0.2) is 0 Å². The molecule has 0 bridgehead atoms. The Morgan fingerprint density at radius 3 is 2.64 bits per heavy atom. The van der Waals surface area contributed by atoms with Crippen LogP contribution in [0.4, 0.5) is 0 Å². The fraction of sp³-hybridized carbons (Fsp3) is 1.00. The van der Waals surface area contributed by atoms with Gasteiger partial charge < -0.3 is 15.5 Å². The van der Waals surface area contributed by atoms with Crippen molar-refractivity contribution in [2.45, 2.75) is 44.9 Å². The largest absolute Gasteiger partial charge is 0.417 e. The first-order valence-corrected chi connectivity index (χ1v) is 7.63. The van der Waals surface area contributed by atoms with Crippen LogP contribution in [0.1, 0.15) is 33.6 Å². The molecule has 3 N–H and O–H groups in total. The molecule has 1 rings (SSSR count). The zero-order valence-electron chi connectivity index (χ0n) is 9.68. The molecule has 0 aromatic carbocycles. The van der Waals surface area contributed by atoms with Crippen molar-refractivity contribution in [3.63, 3.8) is 0 Å². The van der Waals surface area contributed by atoms with E-state index in [1.807, 2.05) is 0 Å². The first-order chi connectivity index (χ1) is 6.61. The average molecular weight is 216 g/mol. The summed E-state index contributed by atoms with van der Waals surface area (Å²) < 4.78 is 5.91. The number of hydrogen-bond donors (Lipinski definition) is 2. The van der Waals surface area contributed by atoms with E-state index in [2.05, 4.69) is 26.1 Å². The fourth-order valence-electron chi connectivity index (χ4n) is 2.11. The van der Waals surface area contributed by atoms with Gasteiger partial charge in [0.1, 0.15) is 0 Å². The first-order valence-electron chi connectivity index (χ1n) is 5.76. The second kappa shape index (κ2) is 5.26. The van der Waals surface area contributed by atoms with Crippen LogP contribution in [0, 0.1) is 5.92 Å². The van der Waals surface area contributed by atoms with Crippen LogP contribution in [-0.4, -0.2) is 27.5 Å². The lowest BCUT2D eigenvalue weighted by molar-refractivity contribution is 0.228. The monoisotopic (exact) mass is 216 g/mol. The molecule has 3 nitrogen and oxygen atoms in total. The lowest BCUT2D eigenvalue weighted by Gasteiger charge is -2.41. The molecular formula is C10H24N2OSi. The van der Waals surface area contributed by atoms with E-state index in [1.165, 1.54) is 18.9 Å². The van der Waals surface area contributed by atoms with E-state index in [1.54, 1.807) is 0 Å². The molecule has 1 aliphatic rings. The average Bonchev–Trinajstić information content (AvgIpc) is 2.19. The SMILES string of the molecule is CCNC(N)(C(C)C)[SiH]1CCCCO1. The van der Waals surface area contributed by atoms with Crippen molar-refractivity contribution in [2.24, 2.45) is 11.7 Å². The maximum atomic E-state index is 6.45. The standard InChI is InChI=1S/C10H24N2OSi/c1-4-12-10(11,9(2)3)14-8-6-5-7-13-14/h9,12,14H,4-8,11H2,1-3H3. The summed E-state index contributed by atoms with van der Waals surface area (Å²) in [5.74, 6) is 0.456. The van der Waals surface area contributed by atoms with Crippen molar-refractivity contribution in [3.05, 3.63) is 0 Å². The molecule has 0 aromatic heterocycles. The number of nitrogens with one attached hydrogen (secondary N) is 1. The molecule has 1 saturated heterocycles. The molecule has 0 saturated carbocycles. The molecule has 0 spiro atoms. The van der Waals surface area contributed by atoms with E-state index in [9.17, 15) is 0 Å². The predicted molar refractivity (Wildman–Crippen MR) is 62.6 cm³/mol. The molecule has 0 aromatic rings. The van der Waals surface area contributed by atoms with Crippen LogP contribution < -0.4 is 11.1 Å². The zero-order chi connectivity index (χ0) is 10.6. The third-order valence-corrected chi connectivity index (χ3v) is 6.66. The molecule has 0 radical (unpaired) electrons. The Kier molecular flexibility index (Phi) is 4.57. The minimum absolute atomic E-state index is 0.213. The summed E-state index contributed by atoms with van der Waals surface area (Å²) in [6, 6.07) is 1.22. The number of nitrogens with two attached hydrogens (primary N) is 1. The van der Waals surface area contributed by atoms with Crippen LogP contribution in [0.3, 0.4) is 0 Å². The van der Waals surface area contributed by atoms with Gasteiger partial charge in [-0.1, -0.05) is 27.2 Å². The lowest BCUT2D eigenvalue weighted by Crippen LogP contribution is -2.68. The van der Waals surface area contributed by atoms with E-state index in [0.717, 1.165) is 13.2 Å². The van der Waals surface area contributed by atoms with Crippen LogP contribution in [0.2, 0.25) is 6.04 Å². The van der Waals surface area contributed by atoms with Gasteiger partial charge in [0, 0.05) is 6.61 Å². The van der Waals surface area contributed by atoms with Gasteiger partial charge in [-0.15, -0.1) is 0 Å². The highest BCUT2D eigenvalue weighted by molar-refractivity contribution is 6.55. The third-order valence-electron chi connectivity index (χ3n) is 3.15. The van der Waals surface area contributed by atoms with Gasteiger partial charge in [-0.25, -0.2) is 0 Å². The minimum Gasteiger partial charge on any atom is -0.417 e. The normalized spacial score (nSPS) is 27.6. The second-order valence-electron chi connectivity index (χ2n) is 4.47. The molecule has 4 heteroatoms. The van der Waals surface area contributed by atoms with E-state index in [0.29, 0.717) is 5.92 Å². The molecule has 1 fully saturated rings. The van der Waals surface area contributed by atoms with Crippen LogP contribution in [0.15, 0.2) is 0 Å². The molecule has 0 amide bonds. The Morgan fingerprint density at radius 1 is 1.50 bits per heavy atom. The molecule has 1 heterocycles. The van der Waals surface area contributed by atoms with Crippen LogP contribution in [-0.2, 0) is 4.43 Å². The molecule has 84 valence electrons. The van der Waals surface area contributed by atoms with E-state index in [4.69, 9.17) is 10.2 Å². The smallest absolute Gasteiger partial charge is 0.211 e. The van der Waals surface area contributed by atoms with E-state index in [-0.39, 0.29) is 5.29 Å². The predicted octanol–water partition coefficient (Wildman–Crippen LogP) is 0.980. The molecule has 2 atom stereocenters. The highest BCUT2D eigenvalue weighted by atomic mass is 28.3. The fourth-order valence-corrected chi connectivity index (χ4v) is 5.32. The summed E-state index contributed by atoms with van der Waals surface area (Å²) in [7, 11) is -1.26. The summed E-state index contributed by atoms with van der Waals surface area (Å²) in [5.41, 5.74) is 6.45. The molecule has 1 aliphatic heterocycles. The van der Waals surface area contributed by atoms with Gasteiger partial charge in [-0.05, 0) is 24.9 Å². The Hall–Kier alpha value is 0.0969. The summed E-state index contributed by atoms with van der Waals surface area (Å²) in [6.07, 6.45) is 2.51. The maximum Gasteiger partial charge on any atom is 0.211 e. The van der Waals surface area contributed by atoms with Crippen LogP contribution >= 0.6 is 0 Å². The van der Waals surface area contributed by atoms with Gasteiger partial charge in [0.05, 0.1) is 5.29 Å². The molecular weight excluding hydrogens is 192 g/mol. The van der Waals surface area contributed by atoms with Crippen molar-refractivity contribution in [2.75, 3.05) is 13.2 Å². The van der Waals surface area contributed by atoms with Crippen molar-refractivity contribution in [1.82, 2.24) is 5.32 Å². The van der Waals surface area contributed by atoms with E-state index < -0.39 is 9.04 Å². The van der Waals surface area contributed by atoms with Gasteiger partial charge >= 0.3 is 0 Å². The second-order valence-corrected chi connectivity index (χ2v) is 7.32. The Morgan fingerprint density at radius 2 is 2.21 bits per heavy atom. The van der Waals surface area contributed by atoms with Crippen molar-refractivity contribution in [3.8, 4) is 0 Å². The molecule has 0 aliphatic carbocycles. The number of rotatable bonds is 4. The van der Waals surface area contributed by atoms with Crippen molar-refractivity contribution >= 4 is 9.04 Å². The number of hydrogen-bond acceptors (Lipinski definition) is 3. The van der Waals surface area contributed by atoms with Gasteiger partial charge in [0.2, 0.25) is 9.04 Å². The Labute approximate surface area is 89.1 Å². The summed E-state index contributed by atoms with van der Waals surface area (Å²) >= 11 is 0. The highest BCUT2D eigenvalue weighted by Crippen LogP contribution is 2.23. The first kappa shape index (κ1) is 12.2. The summed E-state index contributed by atoms with van der Waals surface area (Å²) in [4.78, 5) is 0. The van der Waals surface area contributed by atoms with Crippen LogP contribution in [0.25, 0.3) is 0 Å². The third kappa shape index (κ3) is 2.57. The van der Waals surface area contributed by atoms with Gasteiger partial charge in [0.25, 0.3) is 0 Å². The van der Waals surface area contributed by atoms with E-state index >= 15 is 0 Å². The minimum atomic E-state index is -1.26. The van der Waals surface area contributed by atoms with Gasteiger partial charge in [-0.3, -0.25) is 0 Å². The Bertz CT molecular complexity index is 172. The van der Waals surface area contributed by atoms with Gasteiger partial charge in [-0.2, -0.15) is 0 Å². The lowest BCUT2D eigenvalue weighted by atomic mass is 10.1.